The Kier molecular flexibility index (Phi) is 4.46. The van der Waals surface area contributed by atoms with Crippen molar-refractivity contribution in [2.45, 2.75) is 20.1 Å². The lowest BCUT2D eigenvalue weighted by Crippen LogP contribution is -2.14. The van der Waals surface area contributed by atoms with E-state index in [0.29, 0.717) is 5.69 Å². The minimum atomic E-state index is -2.98. The predicted molar refractivity (Wildman–Crippen MR) is 88.6 cm³/mol. The molecule has 0 aliphatic carbocycles. The fourth-order valence-electron chi connectivity index (χ4n) is 2.61. The molecule has 6 heteroatoms. The van der Waals surface area contributed by atoms with Crippen molar-refractivity contribution < 1.29 is 18.3 Å². The molecule has 1 aromatic heterocycles. The maximum absolute atomic E-state index is 12.4. The summed E-state index contributed by atoms with van der Waals surface area (Å²) in [6.07, 6.45) is 1.97. The number of rotatable bonds is 5. The van der Waals surface area contributed by atoms with Gasteiger partial charge >= 0.3 is 6.61 Å². The van der Waals surface area contributed by atoms with E-state index >= 15 is 0 Å². The number of para-hydroxylation sites is 1. The van der Waals surface area contributed by atoms with Crippen molar-refractivity contribution in [1.29, 1.82) is 0 Å². The van der Waals surface area contributed by atoms with E-state index in [1.165, 1.54) is 18.2 Å². The van der Waals surface area contributed by atoms with E-state index in [0.717, 1.165) is 17.4 Å². The third kappa shape index (κ3) is 3.22. The van der Waals surface area contributed by atoms with Gasteiger partial charge in [0.25, 0.3) is 5.91 Å². The van der Waals surface area contributed by atoms with Crippen molar-refractivity contribution >= 4 is 22.5 Å². The summed E-state index contributed by atoms with van der Waals surface area (Å²) >= 11 is 0. The van der Waals surface area contributed by atoms with Crippen LogP contribution in [0.5, 0.6) is 5.75 Å². The third-order valence-electron chi connectivity index (χ3n) is 3.72. The quantitative estimate of drug-likeness (QED) is 0.748. The standard InChI is InChI=1S/C18H16F2N2O2/c1-2-22-10-9-12-11-13(7-8-15(12)22)21-17(23)14-5-3-4-6-16(14)24-18(19)20/h3-11,18H,2H2,1H3,(H,21,23). The number of benzene rings is 2. The number of nitrogens with zero attached hydrogens (tertiary/aromatic N) is 1. The number of halogens is 2. The van der Waals surface area contributed by atoms with Gasteiger partial charge in [0.15, 0.2) is 0 Å². The molecule has 0 unspecified atom stereocenters. The Hall–Kier alpha value is -2.89. The molecule has 4 nitrogen and oxygen atoms in total. The molecule has 3 rings (SSSR count). The van der Waals surface area contributed by atoms with Crippen LogP contribution >= 0.6 is 0 Å². The summed E-state index contributed by atoms with van der Waals surface area (Å²) in [6.45, 7) is -0.0769. The van der Waals surface area contributed by atoms with Crippen molar-refractivity contribution in [2.24, 2.45) is 0 Å². The molecular weight excluding hydrogens is 314 g/mol. The first-order chi connectivity index (χ1) is 11.6. The van der Waals surface area contributed by atoms with Gasteiger partial charge in [-0.3, -0.25) is 4.79 Å². The molecule has 0 aliphatic rings. The van der Waals surface area contributed by atoms with E-state index in [2.05, 4.69) is 21.5 Å². The van der Waals surface area contributed by atoms with Crippen molar-refractivity contribution in [3.05, 3.63) is 60.3 Å². The zero-order valence-electron chi connectivity index (χ0n) is 13.0. The third-order valence-corrected chi connectivity index (χ3v) is 3.72. The molecule has 3 aromatic rings. The molecule has 1 heterocycles. The molecule has 0 saturated carbocycles. The fourth-order valence-corrected chi connectivity index (χ4v) is 2.61. The van der Waals surface area contributed by atoms with Gasteiger partial charge in [-0.15, -0.1) is 0 Å². The van der Waals surface area contributed by atoms with E-state index in [4.69, 9.17) is 0 Å². The van der Waals surface area contributed by atoms with Crippen molar-refractivity contribution in [3.8, 4) is 5.75 Å². The van der Waals surface area contributed by atoms with Gasteiger partial charge < -0.3 is 14.6 Å². The molecule has 24 heavy (non-hydrogen) atoms. The van der Waals surface area contributed by atoms with Crippen LogP contribution in [0.25, 0.3) is 10.9 Å². The topological polar surface area (TPSA) is 43.3 Å². The minimum Gasteiger partial charge on any atom is -0.434 e. The number of carbonyl (C=O) groups is 1. The van der Waals surface area contributed by atoms with Crippen LogP contribution in [0.3, 0.4) is 0 Å². The number of fused-ring (bicyclic) bond motifs is 1. The summed E-state index contributed by atoms with van der Waals surface area (Å²) in [4.78, 5) is 12.4. The van der Waals surface area contributed by atoms with Gasteiger partial charge in [-0.25, -0.2) is 0 Å². The molecule has 0 aliphatic heterocycles. The summed E-state index contributed by atoms with van der Waals surface area (Å²) in [5.74, 6) is -0.649. The highest BCUT2D eigenvalue weighted by atomic mass is 19.3. The summed E-state index contributed by atoms with van der Waals surface area (Å²) in [6, 6.07) is 13.4. The molecule has 0 saturated heterocycles. The van der Waals surface area contributed by atoms with Gasteiger partial charge in [0.2, 0.25) is 0 Å². The van der Waals surface area contributed by atoms with Gasteiger partial charge in [0, 0.05) is 29.3 Å². The van der Waals surface area contributed by atoms with Crippen LogP contribution in [0.2, 0.25) is 0 Å². The van der Waals surface area contributed by atoms with Crippen LogP contribution in [0.15, 0.2) is 54.7 Å². The Morgan fingerprint density at radius 3 is 2.75 bits per heavy atom. The average molecular weight is 330 g/mol. The number of nitrogens with one attached hydrogen (secondary N) is 1. The summed E-state index contributed by atoms with van der Waals surface area (Å²) in [5.41, 5.74) is 1.72. The smallest absolute Gasteiger partial charge is 0.387 e. The Bertz CT molecular complexity index is 874. The number of anilines is 1. The number of hydrogen-bond donors (Lipinski definition) is 1. The maximum atomic E-state index is 12.4. The lowest BCUT2D eigenvalue weighted by atomic mass is 10.1. The van der Waals surface area contributed by atoms with Crippen LogP contribution in [0.1, 0.15) is 17.3 Å². The number of ether oxygens (including phenoxy) is 1. The van der Waals surface area contributed by atoms with Crippen molar-refractivity contribution in [3.63, 3.8) is 0 Å². The van der Waals surface area contributed by atoms with Gasteiger partial charge in [-0.2, -0.15) is 8.78 Å². The molecule has 0 radical (unpaired) electrons. The monoisotopic (exact) mass is 330 g/mol. The number of amides is 1. The molecule has 0 bridgehead atoms. The normalized spacial score (nSPS) is 11.0. The van der Waals surface area contributed by atoms with Crippen LogP contribution in [0.4, 0.5) is 14.5 Å². The first-order valence-corrected chi connectivity index (χ1v) is 7.52. The maximum Gasteiger partial charge on any atom is 0.387 e. The zero-order valence-corrected chi connectivity index (χ0v) is 13.0. The summed E-state index contributed by atoms with van der Waals surface area (Å²) < 4.78 is 31.4. The van der Waals surface area contributed by atoms with Crippen LogP contribution in [-0.4, -0.2) is 17.1 Å². The van der Waals surface area contributed by atoms with E-state index < -0.39 is 12.5 Å². The van der Waals surface area contributed by atoms with Gasteiger partial charge in [-0.1, -0.05) is 12.1 Å². The van der Waals surface area contributed by atoms with Crippen LogP contribution in [-0.2, 0) is 6.54 Å². The van der Waals surface area contributed by atoms with E-state index in [1.807, 2.05) is 24.4 Å². The van der Waals surface area contributed by atoms with E-state index in [1.54, 1.807) is 12.1 Å². The Balaban J connectivity index is 1.85. The van der Waals surface area contributed by atoms with Gasteiger partial charge in [0.1, 0.15) is 5.75 Å². The number of alkyl halides is 2. The number of aromatic nitrogens is 1. The highest BCUT2D eigenvalue weighted by Gasteiger charge is 2.15. The van der Waals surface area contributed by atoms with Crippen LogP contribution < -0.4 is 10.1 Å². The molecule has 124 valence electrons. The van der Waals surface area contributed by atoms with Gasteiger partial charge in [0.05, 0.1) is 5.56 Å². The minimum absolute atomic E-state index is 0.0593. The second kappa shape index (κ2) is 6.70. The molecular formula is C18H16F2N2O2. The highest BCUT2D eigenvalue weighted by molar-refractivity contribution is 6.06. The molecule has 1 N–H and O–H groups in total. The highest BCUT2D eigenvalue weighted by Crippen LogP contribution is 2.24. The number of carbonyl (C=O) groups excluding carboxylic acids is 1. The fraction of sp³-hybridized carbons (Fsp3) is 0.167. The number of hydrogen-bond acceptors (Lipinski definition) is 2. The Morgan fingerprint density at radius 1 is 1.21 bits per heavy atom. The Labute approximate surface area is 137 Å². The van der Waals surface area contributed by atoms with E-state index in [-0.39, 0.29) is 11.3 Å². The molecule has 0 spiro atoms. The molecule has 2 aromatic carbocycles. The SMILES string of the molecule is CCn1ccc2cc(NC(=O)c3ccccc3OC(F)F)ccc21. The predicted octanol–water partition coefficient (Wildman–Crippen LogP) is 4.51. The number of aryl methyl sites for hydroxylation is 1. The summed E-state index contributed by atoms with van der Waals surface area (Å²) in [5, 5.41) is 3.71. The van der Waals surface area contributed by atoms with Crippen molar-refractivity contribution in [1.82, 2.24) is 4.57 Å². The first-order valence-electron chi connectivity index (χ1n) is 7.52. The second-order valence-corrected chi connectivity index (χ2v) is 5.20. The second-order valence-electron chi connectivity index (χ2n) is 5.20. The largest absolute Gasteiger partial charge is 0.434 e. The summed E-state index contributed by atoms with van der Waals surface area (Å²) in [7, 11) is 0. The first kappa shape index (κ1) is 16.0. The van der Waals surface area contributed by atoms with E-state index in [9.17, 15) is 13.6 Å². The lowest BCUT2D eigenvalue weighted by molar-refractivity contribution is -0.0501. The zero-order chi connectivity index (χ0) is 17.1. The molecule has 1 amide bonds. The Morgan fingerprint density at radius 2 is 2.00 bits per heavy atom. The lowest BCUT2D eigenvalue weighted by Gasteiger charge is -2.11. The average Bonchev–Trinajstić information content (AvgIpc) is 2.97. The van der Waals surface area contributed by atoms with Gasteiger partial charge in [-0.05, 0) is 43.3 Å². The van der Waals surface area contributed by atoms with Crippen molar-refractivity contribution in [2.75, 3.05) is 5.32 Å². The molecule has 0 fully saturated rings. The molecule has 0 atom stereocenters. The van der Waals surface area contributed by atoms with Crippen LogP contribution in [0, 0.1) is 0 Å².